The van der Waals surface area contributed by atoms with Gasteiger partial charge in [0, 0.05) is 25.8 Å². The van der Waals surface area contributed by atoms with Gasteiger partial charge in [-0.25, -0.2) is 17.2 Å². The van der Waals surface area contributed by atoms with Gasteiger partial charge in [-0.15, -0.1) is 0 Å². The SMILES string of the molecule is O=S(=O)(c1cc(F)cc(F)c1)N1CCC(OCC2CC2)C1. The summed E-state index contributed by atoms with van der Waals surface area (Å²) in [5, 5.41) is 0. The lowest BCUT2D eigenvalue weighted by Crippen LogP contribution is -2.30. The summed E-state index contributed by atoms with van der Waals surface area (Å²) < 4.78 is 58.0. The Balaban J connectivity index is 1.69. The topological polar surface area (TPSA) is 46.6 Å². The van der Waals surface area contributed by atoms with E-state index in [0.717, 1.165) is 12.1 Å². The first kappa shape index (κ1) is 14.9. The summed E-state index contributed by atoms with van der Waals surface area (Å²) in [4.78, 5) is -0.345. The van der Waals surface area contributed by atoms with Crippen LogP contribution in [-0.4, -0.2) is 38.5 Å². The van der Waals surface area contributed by atoms with Crippen molar-refractivity contribution in [2.45, 2.75) is 30.3 Å². The van der Waals surface area contributed by atoms with E-state index in [1.807, 2.05) is 0 Å². The molecule has 1 aromatic carbocycles. The highest BCUT2D eigenvalue weighted by Gasteiger charge is 2.34. The molecule has 0 aromatic heterocycles. The number of nitrogens with zero attached hydrogens (tertiary/aromatic N) is 1. The molecule has 2 fully saturated rings. The Morgan fingerprint density at radius 2 is 1.81 bits per heavy atom. The van der Waals surface area contributed by atoms with E-state index in [1.165, 1.54) is 17.1 Å². The molecule has 1 saturated heterocycles. The van der Waals surface area contributed by atoms with Crippen molar-refractivity contribution < 1.29 is 21.9 Å². The van der Waals surface area contributed by atoms with Gasteiger partial charge >= 0.3 is 0 Å². The minimum Gasteiger partial charge on any atom is -0.377 e. The van der Waals surface area contributed by atoms with Gasteiger partial charge in [-0.3, -0.25) is 0 Å². The third-order valence-corrected chi connectivity index (χ3v) is 5.69. The van der Waals surface area contributed by atoms with Crippen molar-refractivity contribution >= 4 is 10.0 Å². The molecule has 0 spiro atoms. The van der Waals surface area contributed by atoms with E-state index in [2.05, 4.69) is 0 Å². The highest BCUT2D eigenvalue weighted by Crippen LogP contribution is 2.30. The van der Waals surface area contributed by atoms with E-state index in [4.69, 9.17) is 4.74 Å². The van der Waals surface area contributed by atoms with Gasteiger partial charge in [0.1, 0.15) is 11.6 Å². The van der Waals surface area contributed by atoms with Crippen LogP contribution in [0.5, 0.6) is 0 Å². The average molecular weight is 317 g/mol. The highest BCUT2D eigenvalue weighted by atomic mass is 32.2. The Kier molecular flexibility index (Phi) is 3.98. The minimum absolute atomic E-state index is 0.126. The molecule has 1 aromatic rings. The van der Waals surface area contributed by atoms with Crippen molar-refractivity contribution in [2.24, 2.45) is 5.92 Å². The molecule has 0 bridgehead atoms. The van der Waals surface area contributed by atoms with Crippen molar-refractivity contribution in [2.75, 3.05) is 19.7 Å². The van der Waals surface area contributed by atoms with Crippen LogP contribution >= 0.6 is 0 Å². The Hall–Kier alpha value is -1.05. The van der Waals surface area contributed by atoms with Gasteiger partial charge in [0.2, 0.25) is 10.0 Å². The summed E-state index contributed by atoms with van der Waals surface area (Å²) in [7, 11) is -3.87. The Labute approximate surface area is 122 Å². The highest BCUT2D eigenvalue weighted by molar-refractivity contribution is 7.89. The summed E-state index contributed by atoms with van der Waals surface area (Å²) in [6.45, 7) is 1.23. The Bertz CT molecular complexity index is 611. The maximum Gasteiger partial charge on any atom is 0.243 e. The maximum atomic E-state index is 13.2. The van der Waals surface area contributed by atoms with Crippen molar-refractivity contribution in [3.63, 3.8) is 0 Å². The standard InChI is InChI=1S/C14H17F2NO3S/c15-11-5-12(16)7-14(6-11)21(18,19)17-4-3-13(8-17)20-9-10-1-2-10/h5-7,10,13H,1-4,8-9H2. The van der Waals surface area contributed by atoms with Crippen LogP contribution in [0.4, 0.5) is 8.78 Å². The number of hydrogen-bond acceptors (Lipinski definition) is 3. The molecule has 1 unspecified atom stereocenters. The quantitative estimate of drug-likeness (QED) is 0.836. The normalized spacial score (nSPS) is 23.6. The van der Waals surface area contributed by atoms with Crippen molar-refractivity contribution in [1.29, 1.82) is 0 Å². The molecule has 4 nitrogen and oxygen atoms in total. The predicted octanol–water partition coefficient (Wildman–Crippen LogP) is 2.15. The molecule has 1 aliphatic heterocycles. The number of benzene rings is 1. The molecule has 116 valence electrons. The molecule has 3 rings (SSSR count). The molecular weight excluding hydrogens is 300 g/mol. The fourth-order valence-corrected chi connectivity index (χ4v) is 3.96. The van der Waals surface area contributed by atoms with Gasteiger partial charge in [-0.1, -0.05) is 0 Å². The van der Waals surface area contributed by atoms with Crippen LogP contribution in [0.25, 0.3) is 0 Å². The number of ether oxygens (including phenoxy) is 1. The van der Waals surface area contributed by atoms with Crippen LogP contribution in [0, 0.1) is 17.6 Å². The van der Waals surface area contributed by atoms with Crippen molar-refractivity contribution in [3.05, 3.63) is 29.8 Å². The molecule has 1 aliphatic carbocycles. The fourth-order valence-electron chi connectivity index (χ4n) is 2.44. The molecular formula is C14H17F2NO3S. The zero-order chi connectivity index (χ0) is 15.0. The van der Waals surface area contributed by atoms with E-state index in [0.29, 0.717) is 31.6 Å². The third-order valence-electron chi connectivity index (χ3n) is 3.85. The van der Waals surface area contributed by atoms with Gasteiger partial charge in [0.15, 0.2) is 0 Å². The maximum absolute atomic E-state index is 13.2. The first-order valence-corrected chi connectivity index (χ1v) is 8.47. The first-order valence-electron chi connectivity index (χ1n) is 7.03. The molecule has 1 atom stereocenters. The van der Waals surface area contributed by atoms with Gasteiger partial charge in [-0.2, -0.15) is 4.31 Å². The van der Waals surface area contributed by atoms with E-state index in [-0.39, 0.29) is 17.5 Å². The molecule has 0 radical (unpaired) electrons. The van der Waals surface area contributed by atoms with E-state index < -0.39 is 21.7 Å². The van der Waals surface area contributed by atoms with E-state index in [1.54, 1.807) is 0 Å². The third kappa shape index (κ3) is 3.41. The number of halogens is 2. The molecule has 1 saturated carbocycles. The van der Waals surface area contributed by atoms with E-state index >= 15 is 0 Å². The first-order chi connectivity index (χ1) is 9.95. The smallest absolute Gasteiger partial charge is 0.243 e. The lowest BCUT2D eigenvalue weighted by Gasteiger charge is -2.17. The molecule has 21 heavy (non-hydrogen) atoms. The summed E-state index contributed by atoms with van der Waals surface area (Å²) in [6, 6.07) is 2.35. The zero-order valence-electron chi connectivity index (χ0n) is 11.5. The second-order valence-corrected chi connectivity index (χ2v) is 7.59. The van der Waals surface area contributed by atoms with Crippen LogP contribution in [0.3, 0.4) is 0 Å². The van der Waals surface area contributed by atoms with Gasteiger partial charge < -0.3 is 4.74 Å². The summed E-state index contributed by atoms with van der Waals surface area (Å²) in [5.74, 6) is -1.17. The van der Waals surface area contributed by atoms with Crippen LogP contribution in [0.1, 0.15) is 19.3 Å². The molecule has 1 heterocycles. The van der Waals surface area contributed by atoms with Crippen LogP contribution in [-0.2, 0) is 14.8 Å². The average Bonchev–Trinajstić information content (AvgIpc) is 3.11. The summed E-state index contributed by atoms with van der Waals surface area (Å²) >= 11 is 0. The van der Waals surface area contributed by atoms with E-state index in [9.17, 15) is 17.2 Å². The Morgan fingerprint density at radius 1 is 1.14 bits per heavy atom. The predicted molar refractivity (Wildman–Crippen MR) is 72.2 cm³/mol. The lowest BCUT2D eigenvalue weighted by molar-refractivity contribution is 0.0561. The molecule has 0 amide bonds. The molecule has 2 aliphatic rings. The van der Waals surface area contributed by atoms with Crippen molar-refractivity contribution in [1.82, 2.24) is 4.31 Å². The number of hydrogen-bond donors (Lipinski definition) is 0. The number of rotatable bonds is 5. The minimum atomic E-state index is -3.87. The van der Waals surface area contributed by atoms with Gasteiger partial charge in [0.05, 0.1) is 11.0 Å². The van der Waals surface area contributed by atoms with Crippen LogP contribution < -0.4 is 0 Å². The van der Waals surface area contributed by atoms with Crippen molar-refractivity contribution in [3.8, 4) is 0 Å². The summed E-state index contributed by atoms with van der Waals surface area (Å²) in [6.07, 6.45) is 2.84. The summed E-state index contributed by atoms with van der Waals surface area (Å²) in [5.41, 5.74) is 0. The lowest BCUT2D eigenvalue weighted by atomic mass is 10.3. The fraction of sp³-hybridized carbons (Fsp3) is 0.571. The molecule has 0 N–H and O–H groups in total. The van der Waals surface area contributed by atoms with Crippen LogP contribution in [0.2, 0.25) is 0 Å². The Morgan fingerprint density at radius 3 is 2.43 bits per heavy atom. The second kappa shape index (κ2) is 5.62. The largest absolute Gasteiger partial charge is 0.377 e. The number of sulfonamides is 1. The van der Waals surface area contributed by atoms with Gasteiger partial charge in [0.25, 0.3) is 0 Å². The monoisotopic (exact) mass is 317 g/mol. The second-order valence-electron chi connectivity index (χ2n) is 5.66. The molecule has 7 heteroatoms. The van der Waals surface area contributed by atoms with Gasteiger partial charge in [-0.05, 0) is 37.3 Å². The van der Waals surface area contributed by atoms with Crippen LogP contribution in [0.15, 0.2) is 23.1 Å². The zero-order valence-corrected chi connectivity index (χ0v) is 12.3.